The Labute approximate surface area is 161 Å². The van der Waals surface area contributed by atoms with Crippen molar-refractivity contribution in [2.75, 3.05) is 0 Å². The van der Waals surface area contributed by atoms with E-state index in [1.807, 2.05) is 0 Å². The van der Waals surface area contributed by atoms with E-state index in [1.54, 1.807) is 0 Å². The van der Waals surface area contributed by atoms with Crippen molar-refractivity contribution in [1.29, 1.82) is 0 Å². The summed E-state index contributed by atoms with van der Waals surface area (Å²) >= 11 is 0. The van der Waals surface area contributed by atoms with Gasteiger partial charge in [0, 0.05) is 0 Å². The molecular weight excluding hydrogens is 300 g/mol. The van der Waals surface area contributed by atoms with Crippen molar-refractivity contribution in [3.63, 3.8) is 0 Å². The molecule has 0 saturated heterocycles. The van der Waals surface area contributed by atoms with E-state index in [-0.39, 0.29) is 0 Å². The van der Waals surface area contributed by atoms with Crippen LogP contribution in [0, 0.1) is 11.8 Å². The highest BCUT2D eigenvalue weighted by molar-refractivity contribution is 4.68. The lowest BCUT2D eigenvalue weighted by molar-refractivity contribution is 0.288. The summed E-state index contributed by atoms with van der Waals surface area (Å²) < 4.78 is 0. The lowest BCUT2D eigenvalue weighted by Gasteiger charge is -2.24. The fourth-order valence-electron chi connectivity index (χ4n) is 4.38. The molecule has 0 heteroatoms. The van der Waals surface area contributed by atoms with Gasteiger partial charge in [-0.2, -0.15) is 0 Å². The van der Waals surface area contributed by atoms with E-state index in [0.29, 0.717) is 0 Å². The molecule has 0 N–H and O–H groups in total. The topological polar surface area (TPSA) is 0 Å². The minimum absolute atomic E-state index is 1.02. The largest absolute Gasteiger partial charge is 0.0654 e. The van der Waals surface area contributed by atoms with Gasteiger partial charge in [-0.05, 0) is 18.3 Å². The first kappa shape index (κ1) is 25.0. The predicted octanol–water partition coefficient (Wildman–Crippen LogP) is 9.71. The van der Waals surface area contributed by atoms with E-state index in [2.05, 4.69) is 27.7 Å². The van der Waals surface area contributed by atoms with Crippen molar-refractivity contribution in [1.82, 2.24) is 0 Å². The minimum atomic E-state index is 1.02. The first-order valence-corrected chi connectivity index (χ1v) is 12.3. The van der Waals surface area contributed by atoms with Crippen molar-refractivity contribution in [3.05, 3.63) is 0 Å². The number of hydrogen-bond acceptors (Lipinski definition) is 0. The molecule has 0 amide bonds. The van der Waals surface area contributed by atoms with E-state index >= 15 is 0 Å². The molecular formula is C25H52. The molecule has 0 aliphatic rings. The van der Waals surface area contributed by atoms with Crippen LogP contribution in [0.3, 0.4) is 0 Å². The molecule has 0 aliphatic carbocycles. The van der Waals surface area contributed by atoms with E-state index in [1.165, 1.54) is 122 Å². The summed E-state index contributed by atoms with van der Waals surface area (Å²) in [6.45, 7) is 9.38. The molecule has 2 unspecified atom stereocenters. The van der Waals surface area contributed by atoms with Gasteiger partial charge in [-0.1, -0.05) is 143 Å². The van der Waals surface area contributed by atoms with Gasteiger partial charge in [0.25, 0.3) is 0 Å². The molecule has 0 heterocycles. The molecule has 0 radical (unpaired) electrons. The highest BCUT2D eigenvalue weighted by atomic mass is 14.2. The molecule has 152 valence electrons. The molecule has 0 spiro atoms. The van der Waals surface area contributed by atoms with E-state index in [4.69, 9.17) is 0 Å². The van der Waals surface area contributed by atoms with Gasteiger partial charge in [-0.3, -0.25) is 0 Å². The van der Waals surface area contributed by atoms with Crippen LogP contribution < -0.4 is 0 Å². The Morgan fingerprint density at radius 1 is 0.360 bits per heavy atom. The van der Waals surface area contributed by atoms with Crippen LogP contribution >= 0.6 is 0 Å². The maximum absolute atomic E-state index is 2.39. The minimum Gasteiger partial charge on any atom is -0.0654 e. The van der Waals surface area contributed by atoms with Gasteiger partial charge in [0.1, 0.15) is 0 Å². The smallest absolute Gasteiger partial charge is 0.0412 e. The summed E-state index contributed by atoms with van der Waals surface area (Å²) in [6, 6.07) is 0. The highest BCUT2D eigenvalue weighted by Crippen LogP contribution is 2.30. The third-order valence-corrected chi connectivity index (χ3v) is 6.01. The van der Waals surface area contributed by atoms with Gasteiger partial charge < -0.3 is 0 Å². The molecule has 0 aliphatic heterocycles. The Balaban J connectivity index is 4.11. The maximum Gasteiger partial charge on any atom is -0.0412 e. The quantitative estimate of drug-likeness (QED) is 0.191. The predicted molar refractivity (Wildman–Crippen MR) is 117 cm³/mol. The van der Waals surface area contributed by atoms with Crippen LogP contribution in [0.15, 0.2) is 0 Å². The van der Waals surface area contributed by atoms with Crippen molar-refractivity contribution in [3.8, 4) is 0 Å². The fraction of sp³-hybridized carbons (Fsp3) is 1.00. The SMILES string of the molecule is CCCCCCCCC(CCCC)CC(CCC)CCCCCCC. The van der Waals surface area contributed by atoms with Crippen LogP contribution in [0.1, 0.15) is 150 Å². The van der Waals surface area contributed by atoms with Crippen molar-refractivity contribution >= 4 is 0 Å². The van der Waals surface area contributed by atoms with Crippen LogP contribution in [0.2, 0.25) is 0 Å². The molecule has 0 aromatic heterocycles. The lowest BCUT2D eigenvalue weighted by Crippen LogP contribution is -2.10. The molecule has 0 nitrogen and oxygen atoms in total. The standard InChI is InChI=1S/C25H52/c1-5-9-12-14-16-18-22-25(20-11-7-3)23-24(19-8-4)21-17-15-13-10-6-2/h24-25H,5-23H2,1-4H3. The van der Waals surface area contributed by atoms with Gasteiger partial charge in [0.15, 0.2) is 0 Å². The lowest BCUT2D eigenvalue weighted by atomic mass is 9.82. The van der Waals surface area contributed by atoms with Crippen molar-refractivity contribution < 1.29 is 0 Å². The van der Waals surface area contributed by atoms with Gasteiger partial charge in [0.2, 0.25) is 0 Å². The molecule has 0 fully saturated rings. The zero-order valence-electron chi connectivity index (χ0n) is 18.6. The van der Waals surface area contributed by atoms with Gasteiger partial charge in [-0.15, -0.1) is 0 Å². The van der Waals surface area contributed by atoms with Crippen LogP contribution in [0.25, 0.3) is 0 Å². The van der Waals surface area contributed by atoms with Gasteiger partial charge in [-0.25, -0.2) is 0 Å². The van der Waals surface area contributed by atoms with Crippen LogP contribution in [0.5, 0.6) is 0 Å². The van der Waals surface area contributed by atoms with Crippen LogP contribution in [0.4, 0.5) is 0 Å². The molecule has 2 atom stereocenters. The Morgan fingerprint density at radius 2 is 0.760 bits per heavy atom. The summed E-state index contributed by atoms with van der Waals surface area (Å²) in [5.41, 5.74) is 0. The maximum atomic E-state index is 2.39. The van der Waals surface area contributed by atoms with E-state index in [0.717, 1.165) is 11.8 Å². The first-order valence-electron chi connectivity index (χ1n) is 12.3. The second kappa shape index (κ2) is 20.3. The highest BCUT2D eigenvalue weighted by Gasteiger charge is 2.15. The Kier molecular flexibility index (Phi) is 20.3. The number of rotatable bonds is 20. The normalized spacial score (nSPS) is 13.9. The second-order valence-corrected chi connectivity index (χ2v) is 8.66. The number of unbranched alkanes of at least 4 members (excludes halogenated alkanes) is 10. The third kappa shape index (κ3) is 17.2. The third-order valence-electron chi connectivity index (χ3n) is 6.01. The Morgan fingerprint density at radius 3 is 1.24 bits per heavy atom. The summed E-state index contributed by atoms with van der Waals surface area (Å²) in [7, 11) is 0. The molecule has 0 bridgehead atoms. The van der Waals surface area contributed by atoms with Crippen LogP contribution in [-0.2, 0) is 0 Å². The summed E-state index contributed by atoms with van der Waals surface area (Å²) in [5.74, 6) is 2.05. The monoisotopic (exact) mass is 352 g/mol. The Bertz CT molecular complexity index is 232. The zero-order chi connectivity index (χ0) is 18.6. The summed E-state index contributed by atoms with van der Waals surface area (Å²) in [4.78, 5) is 0. The molecule has 0 rings (SSSR count). The molecule has 25 heavy (non-hydrogen) atoms. The van der Waals surface area contributed by atoms with E-state index < -0.39 is 0 Å². The summed E-state index contributed by atoms with van der Waals surface area (Å²) in [5, 5.41) is 0. The fourth-order valence-corrected chi connectivity index (χ4v) is 4.38. The first-order chi connectivity index (χ1) is 12.3. The molecule has 0 aromatic rings. The average Bonchev–Trinajstić information content (AvgIpc) is 2.62. The Hall–Kier alpha value is 0. The van der Waals surface area contributed by atoms with Gasteiger partial charge in [0.05, 0.1) is 0 Å². The van der Waals surface area contributed by atoms with Crippen LogP contribution in [-0.4, -0.2) is 0 Å². The van der Waals surface area contributed by atoms with Crippen molar-refractivity contribution in [2.45, 2.75) is 150 Å². The second-order valence-electron chi connectivity index (χ2n) is 8.66. The molecule has 0 aromatic carbocycles. The van der Waals surface area contributed by atoms with Gasteiger partial charge >= 0.3 is 0 Å². The van der Waals surface area contributed by atoms with E-state index in [9.17, 15) is 0 Å². The van der Waals surface area contributed by atoms with Crippen molar-refractivity contribution in [2.24, 2.45) is 11.8 Å². The number of hydrogen-bond donors (Lipinski definition) is 0. The molecule has 0 saturated carbocycles. The summed E-state index contributed by atoms with van der Waals surface area (Å²) in [6.07, 6.45) is 27.7. The zero-order valence-corrected chi connectivity index (χ0v) is 18.6. The average molecular weight is 353 g/mol.